The molecule has 0 unspecified atom stereocenters. The first-order valence-electron chi connectivity index (χ1n) is 9.07. The van der Waals surface area contributed by atoms with E-state index >= 15 is 0 Å². The van der Waals surface area contributed by atoms with Crippen LogP contribution < -0.4 is 4.74 Å². The molecule has 0 aliphatic heterocycles. The average Bonchev–Trinajstić information content (AvgIpc) is 3.16. The highest BCUT2D eigenvalue weighted by atomic mass is 16.5. The Morgan fingerprint density at radius 1 is 0.857 bits per heavy atom. The van der Waals surface area contributed by atoms with Gasteiger partial charge in [0, 0.05) is 35.0 Å². The van der Waals surface area contributed by atoms with Crippen molar-refractivity contribution in [2.75, 3.05) is 7.11 Å². The fourth-order valence-electron chi connectivity index (χ4n) is 3.44. The van der Waals surface area contributed by atoms with Crippen LogP contribution in [0.3, 0.4) is 0 Å². The lowest BCUT2D eigenvalue weighted by molar-refractivity contribution is 0.399. The number of hydrogen-bond acceptors (Lipinski definition) is 4. The molecule has 0 fully saturated rings. The fourth-order valence-corrected chi connectivity index (χ4v) is 3.44. The van der Waals surface area contributed by atoms with Crippen molar-refractivity contribution in [1.29, 1.82) is 0 Å². The number of rotatable bonds is 3. The second kappa shape index (κ2) is 6.46. The summed E-state index contributed by atoms with van der Waals surface area (Å²) in [4.78, 5) is 9.25. The third-order valence-corrected chi connectivity index (χ3v) is 4.95. The van der Waals surface area contributed by atoms with E-state index in [0.29, 0.717) is 5.88 Å². The van der Waals surface area contributed by atoms with Gasteiger partial charge in [0.2, 0.25) is 5.88 Å². The van der Waals surface area contributed by atoms with Crippen LogP contribution in [0.15, 0.2) is 73.2 Å². The fraction of sp³-hybridized carbons (Fsp3) is 0.0870. The predicted molar refractivity (Wildman–Crippen MR) is 110 cm³/mol. The van der Waals surface area contributed by atoms with Crippen molar-refractivity contribution in [1.82, 2.24) is 19.6 Å². The number of ether oxygens (including phenoxy) is 1. The van der Waals surface area contributed by atoms with E-state index in [-0.39, 0.29) is 0 Å². The Balaban J connectivity index is 1.64. The number of aryl methyl sites for hydroxylation is 1. The molecule has 0 aliphatic carbocycles. The molecule has 5 aromatic rings. The molecule has 5 nitrogen and oxygen atoms in total. The van der Waals surface area contributed by atoms with Gasteiger partial charge < -0.3 is 4.74 Å². The number of aromatic nitrogens is 4. The summed E-state index contributed by atoms with van der Waals surface area (Å²) in [6.07, 6.45) is 5.78. The number of fused-ring (bicyclic) bond motifs is 2. The van der Waals surface area contributed by atoms with Crippen LogP contribution in [0, 0.1) is 6.92 Å². The van der Waals surface area contributed by atoms with E-state index in [0.717, 1.165) is 38.8 Å². The van der Waals surface area contributed by atoms with Gasteiger partial charge in [0.15, 0.2) is 5.65 Å². The number of hydrogen-bond donors (Lipinski definition) is 0. The summed E-state index contributed by atoms with van der Waals surface area (Å²) in [6, 6.07) is 18.4. The zero-order valence-electron chi connectivity index (χ0n) is 15.6. The van der Waals surface area contributed by atoms with E-state index in [4.69, 9.17) is 9.72 Å². The third-order valence-electron chi connectivity index (χ3n) is 4.95. The van der Waals surface area contributed by atoms with Gasteiger partial charge in [-0.3, -0.25) is 0 Å². The van der Waals surface area contributed by atoms with Gasteiger partial charge in [-0.15, -0.1) is 0 Å². The molecule has 0 aliphatic rings. The molecule has 0 bridgehead atoms. The lowest BCUT2D eigenvalue weighted by atomic mass is 10.0. The van der Waals surface area contributed by atoms with E-state index in [9.17, 15) is 0 Å². The van der Waals surface area contributed by atoms with Crippen molar-refractivity contribution >= 4 is 16.6 Å². The summed E-state index contributed by atoms with van der Waals surface area (Å²) in [5.74, 6) is 0.602. The number of nitrogens with zero attached hydrogens (tertiary/aromatic N) is 4. The second-order valence-electron chi connectivity index (χ2n) is 6.76. The molecular weight excluding hydrogens is 348 g/mol. The van der Waals surface area contributed by atoms with Crippen LogP contribution >= 0.6 is 0 Å². The standard InChI is InChI=1S/C23H18N4O/c1-15-6-8-16(9-7-15)17-12-24-23-20(13-25-27(23)14-17)18-4-3-5-21-19(18)10-11-22(26-21)28-2/h3-14H,1-2H3. The van der Waals surface area contributed by atoms with Gasteiger partial charge in [0.05, 0.1) is 18.8 Å². The number of pyridine rings is 1. The molecule has 0 amide bonds. The van der Waals surface area contributed by atoms with Gasteiger partial charge in [-0.05, 0) is 30.2 Å². The molecule has 2 aromatic carbocycles. The maximum atomic E-state index is 5.25. The minimum Gasteiger partial charge on any atom is -0.481 e. The van der Waals surface area contributed by atoms with E-state index in [2.05, 4.69) is 47.3 Å². The van der Waals surface area contributed by atoms with Crippen molar-refractivity contribution < 1.29 is 4.74 Å². The van der Waals surface area contributed by atoms with Crippen LogP contribution in [-0.4, -0.2) is 26.7 Å². The van der Waals surface area contributed by atoms with E-state index in [1.807, 2.05) is 47.4 Å². The molecule has 28 heavy (non-hydrogen) atoms. The minimum atomic E-state index is 0.602. The molecule has 136 valence electrons. The summed E-state index contributed by atoms with van der Waals surface area (Å²) in [5.41, 5.74) is 7.13. The Hall–Kier alpha value is -3.73. The van der Waals surface area contributed by atoms with Crippen LogP contribution in [0.4, 0.5) is 0 Å². The van der Waals surface area contributed by atoms with Crippen LogP contribution in [0.25, 0.3) is 38.8 Å². The summed E-state index contributed by atoms with van der Waals surface area (Å²) in [6.45, 7) is 2.08. The maximum Gasteiger partial charge on any atom is 0.213 e. The van der Waals surface area contributed by atoms with E-state index in [1.165, 1.54) is 5.56 Å². The Labute approximate surface area is 162 Å². The van der Waals surface area contributed by atoms with Gasteiger partial charge in [0.1, 0.15) is 0 Å². The monoisotopic (exact) mass is 366 g/mol. The van der Waals surface area contributed by atoms with Crippen LogP contribution in [0.1, 0.15) is 5.56 Å². The SMILES string of the molecule is COc1ccc2c(-c3cnn4cc(-c5ccc(C)cc5)cnc34)cccc2n1. The van der Waals surface area contributed by atoms with Gasteiger partial charge in [-0.25, -0.2) is 14.5 Å². The Morgan fingerprint density at radius 3 is 2.54 bits per heavy atom. The Kier molecular flexibility index (Phi) is 3.79. The Morgan fingerprint density at radius 2 is 1.71 bits per heavy atom. The molecule has 5 rings (SSSR count). The molecule has 3 aromatic heterocycles. The van der Waals surface area contributed by atoms with Crippen molar-refractivity contribution in [3.63, 3.8) is 0 Å². The van der Waals surface area contributed by atoms with Crippen LogP contribution in [-0.2, 0) is 0 Å². The summed E-state index contributed by atoms with van der Waals surface area (Å²) < 4.78 is 7.08. The largest absolute Gasteiger partial charge is 0.481 e. The highest BCUT2D eigenvalue weighted by molar-refractivity contribution is 5.98. The Bertz CT molecular complexity index is 1310. The summed E-state index contributed by atoms with van der Waals surface area (Å²) in [5, 5.41) is 5.59. The predicted octanol–water partition coefficient (Wildman–Crippen LogP) is 4.93. The van der Waals surface area contributed by atoms with Gasteiger partial charge in [-0.1, -0.05) is 42.0 Å². The van der Waals surface area contributed by atoms with Gasteiger partial charge in [0.25, 0.3) is 0 Å². The number of methoxy groups -OCH3 is 1. The lowest BCUT2D eigenvalue weighted by Crippen LogP contribution is -1.93. The normalized spacial score (nSPS) is 11.2. The molecule has 0 saturated carbocycles. The van der Waals surface area contributed by atoms with Crippen molar-refractivity contribution in [3.05, 3.63) is 78.8 Å². The molecule has 3 heterocycles. The highest BCUT2D eigenvalue weighted by Crippen LogP contribution is 2.31. The molecule has 0 saturated heterocycles. The van der Waals surface area contributed by atoms with E-state index < -0.39 is 0 Å². The molecular formula is C23H18N4O. The van der Waals surface area contributed by atoms with Crippen LogP contribution in [0.5, 0.6) is 5.88 Å². The zero-order valence-corrected chi connectivity index (χ0v) is 15.6. The molecule has 0 atom stereocenters. The van der Waals surface area contributed by atoms with Gasteiger partial charge >= 0.3 is 0 Å². The first-order chi connectivity index (χ1) is 13.7. The molecule has 0 radical (unpaired) electrons. The van der Waals surface area contributed by atoms with Crippen LogP contribution in [0.2, 0.25) is 0 Å². The highest BCUT2D eigenvalue weighted by Gasteiger charge is 2.13. The summed E-state index contributed by atoms with van der Waals surface area (Å²) >= 11 is 0. The van der Waals surface area contributed by atoms with Crippen molar-refractivity contribution in [2.24, 2.45) is 0 Å². The molecule has 5 heteroatoms. The average molecular weight is 366 g/mol. The smallest absolute Gasteiger partial charge is 0.213 e. The molecule has 0 spiro atoms. The van der Waals surface area contributed by atoms with Crippen molar-refractivity contribution in [2.45, 2.75) is 6.92 Å². The lowest BCUT2D eigenvalue weighted by Gasteiger charge is -2.07. The second-order valence-corrected chi connectivity index (χ2v) is 6.76. The first-order valence-corrected chi connectivity index (χ1v) is 9.07. The van der Waals surface area contributed by atoms with Crippen molar-refractivity contribution in [3.8, 4) is 28.1 Å². The van der Waals surface area contributed by atoms with E-state index in [1.54, 1.807) is 7.11 Å². The topological polar surface area (TPSA) is 52.3 Å². The maximum absolute atomic E-state index is 5.25. The quantitative estimate of drug-likeness (QED) is 0.454. The molecule has 0 N–H and O–H groups in total. The minimum absolute atomic E-state index is 0.602. The zero-order chi connectivity index (χ0) is 19.1. The number of benzene rings is 2. The summed E-state index contributed by atoms with van der Waals surface area (Å²) in [7, 11) is 1.62. The third kappa shape index (κ3) is 2.68. The first kappa shape index (κ1) is 16.4. The van der Waals surface area contributed by atoms with Gasteiger partial charge in [-0.2, -0.15) is 5.10 Å².